The predicted octanol–water partition coefficient (Wildman–Crippen LogP) is 1.61. The van der Waals surface area contributed by atoms with E-state index < -0.39 is 17.7 Å². The van der Waals surface area contributed by atoms with E-state index in [0.717, 1.165) is 32.4 Å². The highest BCUT2D eigenvalue weighted by molar-refractivity contribution is 5.97. The van der Waals surface area contributed by atoms with Crippen LogP contribution in [0.15, 0.2) is 18.2 Å². The monoisotopic (exact) mass is 279 g/mol. The zero-order chi connectivity index (χ0) is 14.5. The number of nitrogens with one attached hydrogen (secondary N) is 2. The number of benzene rings is 1. The van der Waals surface area contributed by atoms with Gasteiger partial charge >= 0.3 is 12.0 Å². The number of carboxylic acids is 1. The maximum absolute atomic E-state index is 11.8. The number of phenols is 1. The van der Waals surface area contributed by atoms with Crippen molar-refractivity contribution < 1.29 is 19.8 Å². The molecule has 2 rings (SSSR count). The van der Waals surface area contributed by atoms with Gasteiger partial charge in [0.1, 0.15) is 5.56 Å². The van der Waals surface area contributed by atoms with Crippen LogP contribution in [0.1, 0.15) is 29.6 Å². The number of rotatable bonds is 3. The number of amides is 2. The van der Waals surface area contributed by atoms with E-state index in [2.05, 4.69) is 10.7 Å². The Labute approximate surface area is 116 Å². The SMILES string of the molecule is O=C(Nc1cccc(C(=O)O)c1O)NN1CCCCC1. The van der Waals surface area contributed by atoms with Gasteiger partial charge in [-0.05, 0) is 25.0 Å². The fourth-order valence-electron chi connectivity index (χ4n) is 2.12. The van der Waals surface area contributed by atoms with Gasteiger partial charge < -0.3 is 15.5 Å². The lowest BCUT2D eigenvalue weighted by molar-refractivity contribution is 0.0693. The van der Waals surface area contributed by atoms with Crippen molar-refractivity contribution in [1.29, 1.82) is 0 Å². The zero-order valence-corrected chi connectivity index (χ0v) is 10.9. The van der Waals surface area contributed by atoms with Crippen molar-refractivity contribution >= 4 is 17.7 Å². The highest BCUT2D eigenvalue weighted by atomic mass is 16.4. The molecule has 7 heteroatoms. The van der Waals surface area contributed by atoms with Gasteiger partial charge in [-0.1, -0.05) is 12.5 Å². The summed E-state index contributed by atoms with van der Waals surface area (Å²) < 4.78 is 0. The average molecular weight is 279 g/mol. The fraction of sp³-hybridized carbons (Fsp3) is 0.385. The van der Waals surface area contributed by atoms with Crippen LogP contribution < -0.4 is 10.7 Å². The summed E-state index contributed by atoms with van der Waals surface area (Å²) in [5.41, 5.74) is 2.49. The van der Waals surface area contributed by atoms with Gasteiger partial charge in [0.15, 0.2) is 5.75 Å². The molecular weight excluding hydrogens is 262 g/mol. The minimum Gasteiger partial charge on any atom is -0.505 e. The second kappa shape index (κ2) is 6.25. The summed E-state index contributed by atoms with van der Waals surface area (Å²) in [4.78, 5) is 22.7. The maximum Gasteiger partial charge on any atom is 0.339 e. The van der Waals surface area contributed by atoms with Crippen LogP contribution in [0.4, 0.5) is 10.5 Å². The summed E-state index contributed by atoms with van der Waals surface area (Å²) in [7, 11) is 0. The molecular formula is C13H17N3O4. The van der Waals surface area contributed by atoms with E-state index >= 15 is 0 Å². The number of hydrogen-bond donors (Lipinski definition) is 4. The number of hydrogen-bond acceptors (Lipinski definition) is 4. The molecule has 0 saturated carbocycles. The van der Waals surface area contributed by atoms with E-state index in [1.807, 2.05) is 0 Å². The molecule has 1 aliphatic heterocycles. The van der Waals surface area contributed by atoms with Crippen LogP contribution in [0.25, 0.3) is 0 Å². The van der Waals surface area contributed by atoms with Gasteiger partial charge in [-0.2, -0.15) is 0 Å². The minimum atomic E-state index is -1.25. The van der Waals surface area contributed by atoms with Crippen LogP contribution in [0.5, 0.6) is 5.75 Å². The third-order valence-electron chi connectivity index (χ3n) is 3.13. The summed E-state index contributed by atoms with van der Waals surface area (Å²) in [6, 6.07) is 3.67. The number of anilines is 1. The van der Waals surface area contributed by atoms with E-state index in [9.17, 15) is 14.7 Å². The summed E-state index contributed by atoms with van der Waals surface area (Å²) >= 11 is 0. The van der Waals surface area contributed by atoms with Gasteiger partial charge in [-0.3, -0.25) is 5.43 Å². The van der Waals surface area contributed by atoms with E-state index in [4.69, 9.17) is 5.11 Å². The molecule has 1 saturated heterocycles. The second-order valence-electron chi connectivity index (χ2n) is 4.62. The molecule has 20 heavy (non-hydrogen) atoms. The lowest BCUT2D eigenvalue weighted by Gasteiger charge is -2.26. The fourth-order valence-corrected chi connectivity index (χ4v) is 2.12. The Kier molecular flexibility index (Phi) is 4.41. The molecule has 108 valence electrons. The maximum atomic E-state index is 11.8. The highest BCUT2D eigenvalue weighted by Gasteiger charge is 2.16. The molecule has 0 spiro atoms. The van der Waals surface area contributed by atoms with Gasteiger partial charge in [0.2, 0.25) is 0 Å². The van der Waals surface area contributed by atoms with Crippen molar-refractivity contribution in [1.82, 2.24) is 10.4 Å². The Morgan fingerprint density at radius 3 is 2.50 bits per heavy atom. The quantitative estimate of drug-likeness (QED) is 0.630. The van der Waals surface area contributed by atoms with Crippen molar-refractivity contribution in [2.45, 2.75) is 19.3 Å². The van der Waals surface area contributed by atoms with Crippen molar-refractivity contribution in [2.24, 2.45) is 0 Å². The number of urea groups is 1. The number of aromatic hydroxyl groups is 1. The molecule has 1 heterocycles. The molecule has 0 unspecified atom stereocenters. The van der Waals surface area contributed by atoms with E-state index in [-0.39, 0.29) is 11.3 Å². The Morgan fingerprint density at radius 1 is 1.15 bits per heavy atom. The Morgan fingerprint density at radius 2 is 1.85 bits per heavy atom. The van der Waals surface area contributed by atoms with E-state index in [1.54, 1.807) is 5.01 Å². The Balaban J connectivity index is 2.00. The highest BCUT2D eigenvalue weighted by Crippen LogP contribution is 2.27. The summed E-state index contributed by atoms with van der Waals surface area (Å²) in [6.45, 7) is 1.57. The molecule has 1 aromatic rings. The first-order chi connectivity index (χ1) is 9.58. The topological polar surface area (TPSA) is 102 Å². The van der Waals surface area contributed by atoms with Crippen LogP contribution in [0, 0.1) is 0 Å². The molecule has 1 fully saturated rings. The van der Waals surface area contributed by atoms with Gasteiger partial charge in [0.25, 0.3) is 0 Å². The third kappa shape index (κ3) is 3.39. The third-order valence-corrected chi connectivity index (χ3v) is 3.13. The molecule has 4 N–H and O–H groups in total. The minimum absolute atomic E-state index is 0.0689. The van der Waals surface area contributed by atoms with Gasteiger partial charge in [-0.25, -0.2) is 14.6 Å². The van der Waals surface area contributed by atoms with Crippen LogP contribution in [0.2, 0.25) is 0 Å². The largest absolute Gasteiger partial charge is 0.505 e. The molecule has 1 aromatic carbocycles. The number of carbonyl (C=O) groups is 2. The molecule has 0 aromatic heterocycles. The lowest BCUT2D eigenvalue weighted by atomic mass is 10.1. The second-order valence-corrected chi connectivity index (χ2v) is 4.62. The van der Waals surface area contributed by atoms with Crippen molar-refractivity contribution in [3.05, 3.63) is 23.8 Å². The number of para-hydroxylation sites is 1. The van der Waals surface area contributed by atoms with Gasteiger partial charge in [-0.15, -0.1) is 0 Å². The van der Waals surface area contributed by atoms with Crippen LogP contribution >= 0.6 is 0 Å². The Hall–Kier alpha value is -2.28. The van der Waals surface area contributed by atoms with Gasteiger partial charge in [0, 0.05) is 13.1 Å². The Bertz CT molecular complexity index is 512. The van der Waals surface area contributed by atoms with Crippen LogP contribution in [-0.2, 0) is 0 Å². The molecule has 0 atom stereocenters. The predicted molar refractivity (Wildman–Crippen MR) is 72.6 cm³/mol. The van der Waals surface area contributed by atoms with Crippen LogP contribution in [-0.4, -0.2) is 40.3 Å². The number of carboxylic acid groups (broad SMARTS) is 1. The first-order valence-corrected chi connectivity index (χ1v) is 6.46. The first-order valence-electron chi connectivity index (χ1n) is 6.46. The molecule has 1 aliphatic rings. The standard InChI is InChI=1S/C13H17N3O4/c17-11-9(12(18)19)5-4-6-10(11)14-13(20)15-16-7-2-1-3-8-16/h4-6,17H,1-3,7-8H2,(H,18,19)(H2,14,15,20). The first kappa shape index (κ1) is 14.1. The summed E-state index contributed by atoms with van der Waals surface area (Å²) in [5.74, 6) is -1.70. The van der Waals surface area contributed by atoms with Crippen LogP contribution in [0.3, 0.4) is 0 Å². The van der Waals surface area contributed by atoms with Crippen molar-refractivity contribution in [3.63, 3.8) is 0 Å². The number of hydrazine groups is 1. The smallest absolute Gasteiger partial charge is 0.339 e. The molecule has 2 amide bonds. The van der Waals surface area contributed by atoms with Crippen molar-refractivity contribution in [3.8, 4) is 5.75 Å². The molecule has 7 nitrogen and oxygen atoms in total. The molecule has 0 aliphatic carbocycles. The van der Waals surface area contributed by atoms with Crippen molar-refractivity contribution in [2.75, 3.05) is 18.4 Å². The number of carbonyl (C=O) groups excluding carboxylic acids is 1. The van der Waals surface area contributed by atoms with E-state index in [0.29, 0.717) is 0 Å². The number of nitrogens with zero attached hydrogens (tertiary/aromatic N) is 1. The normalized spacial score (nSPS) is 15.6. The molecule has 0 radical (unpaired) electrons. The van der Waals surface area contributed by atoms with E-state index in [1.165, 1.54) is 18.2 Å². The zero-order valence-electron chi connectivity index (χ0n) is 10.9. The number of piperidine rings is 1. The molecule has 0 bridgehead atoms. The summed E-state index contributed by atoms with van der Waals surface area (Å²) in [5, 5.41) is 22.9. The number of aromatic carboxylic acids is 1. The summed E-state index contributed by atoms with van der Waals surface area (Å²) in [6.07, 6.45) is 3.21. The lowest BCUT2D eigenvalue weighted by Crippen LogP contribution is -2.46. The average Bonchev–Trinajstić information content (AvgIpc) is 2.42. The van der Waals surface area contributed by atoms with Gasteiger partial charge in [0.05, 0.1) is 5.69 Å².